The van der Waals surface area contributed by atoms with Gasteiger partial charge in [0.15, 0.2) is 0 Å². The monoisotopic (exact) mass is 424 g/mol. The first-order valence-corrected chi connectivity index (χ1v) is 13.3. The van der Waals surface area contributed by atoms with Crippen LogP contribution in [0.3, 0.4) is 0 Å². The molecule has 1 unspecified atom stereocenters. The molecule has 4 rings (SSSR count). The van der Waals surface area contributed by atoms with Crippen molar-refractivity contribution in [3.63, 3.8) is 0 Å². The van der Waals surface area contributed by atoms with Crippen LogP contribution in [0.2, 0.25) is 0 Å². The SMILES string of the molecule is CCC1(CC)CC(C)(C)c2c1cc1c(c2C2=CS(=O)C=C2)C(C)(C)CC1(CC)CC. The van der Waals surface area contributed by atoms with Crippen LogP contribution in [0.5, 0.6) is 0 Å². The summed E-state index contributed by atoms with van der Waals surface area (Å²) in [5.74, 6) is 0. The van der Waals surface area contributed by atoms with Crippen molar-refractivity contribution in [3.8, 4) is 0 Å². The number of hydrogen-bond acceptors (Lipinski definition) is 1. The molecule has 0 radical (unpaired) electrons. The van der Waals surface area contributed by atoms with E-state index in [1.165, 1.54) is 49.7 Å². The van der Waals surface area contributed by atoms with Crippen LogP contribution in [0.4, 0.5) is 0 Å². The molecule has 1 aromatic carbocycles. The number of rotatable bonds is 5. The van der Waals surface area contributed by atoms with E-state index in [0.29, 0.717) is 0 Å². The van der Waals surface area contributed by atoms with Gasteiger partial charge in [0.25, 0.3) is 0 Å². The van der Waals surface area contributed by atoms with Crippen LogP contribution in [-0.4, -0.2) is 4.21 Å². The Balaban J connectivity index is 2.19. The van der Waals surface area contributed by atoms with Gasteiger partial charge in [0.05, 0.1) is 10.8 Å². The lowest BCUT2D eigenvalue weighted by Crippen LogP contribution is -2.25. The summed E-state index contributed by atoms with van der Waals surface area (Å²) in [6.07, 6.45) is 9.31. The second-order valence-corrected chi connectivity index (χ2v) is 12.6. The maximum atomic E-state index is 12.4. The van der Waals surface area contributed by atoms with Gasteiger partial charge < -0.3 is 0 Å². The topological polar surface area (TPSA) is 17.1 Å². The van der Waals surface area contributed by atoms with Crippen LogP contribution in [0, 0.1) is 0 Å². The Morgan fingerprint density at radius 2 is 1.23 bits per heavy atom. The molecule has 1 aliphatic heterocycles. The molecule has 1 heterocycles. The van der Waals surface area contributed by atoms with Gasteiger partial charge >= 0.3 is 0 Å². The molecule has 0 spiro atoms. The van der Waals surface area contributed by atoms with Crippen LogP contribution >= 0.6 is 0 Å². The minimum Gasteiger partial charge on any atom is -0.250 e. The van der Waals surface area contributed by atoms with Crippen molar-refractivity contribution in [2.45, 2.75) is 116 Å². The van der Waals surface area contributed by atoms with E-state index in [9.17, 15) is 4.21 Å². The predicted octanol–water partition coefficient (Wildman–Crippen LogP) is 7.78. The zero-order chi connectivity index (χ0) is 22.1. The highest BCUT2D eigenvalue weighted by Gasteiger charge is 2.53. The predicted molar refractivity (Wildman–Crippen MR) is 132 cm³/mol. The summed E-state index contributed by atoms with van der Waals surface area (Å²) in [6.45, 7) is 19.3. The summed E-state index contributed by atoms with van der Waals surface area (Å²) in [7, 11) is -0.984. The zero-order valence-electron chi connectivity index (χ0n) is 20.4. The van der Waals surface area contributed by atoms with Gasteiger partial charge in [-0.25, -0.2) is 0 Å². The lowest BCUT2D eigenvalue weighted by molar-refractivity contribution is 0.322. The maximum Gasteiger partial charge on any atom is 0.0708 e. The molecule has 1 aromatic rings. The van der Waals surface area contributed by atoms with E-state index in [4.69, 9.17) is 0 Å². The van der Waals surface area contributed by atoms with Gasteiger partial charge in [-0.3, -0.25) is 4.21 Å². The molecule has 30 heavy (non-hydrogen) atoms. The second-order valence-electron chi connectivity index (χ2n) is 11.4. The van der Waals surface area contributed by atoms with E-state index in [1.807, 2.05) is 10.8 Å². The summed E-state index contributed by atoms with van der Waals surface area (Å²) >= 11 is 0. The molecule has 0 N–H and O–H groups in total. The minimum atomic E-state index is -0.984. The number of allylic oxidation sites excluding steroid dienone is 2. The highest BCUT2D eigenvalue weighted by Crippen LogP contribution is 2.62. The third-order valence-corrected chi connectivity index (χ3v) is 9.90. The van der Waals surface area contributed by atoms with Crippen molar-refractivity contribution >= 4 is 16.4 Å². The third-order valence-electron chi connectivity index (χ3n) is 9.00. The normalized spacial score (nSPS) is 26.5. The third kappa shape index (κ3) is 2.81. The van der Waals surface area contributed by atoms with E-state index < -0.39 is 10.8 Å². The molecular formula is C28H40OS. The number of hydrogen-bond donors (Lipinski definition) is 0. The van der Waals surface area contributed by atoms with Gasteiger partial charge in [-0.05, 0) is 99.7 Å². The first kappa shape index (κ1) is 22.1. The number of fused-ring (bicyclic) bond motifs is 2. The Bertz CT molecular complexity index is 909. The summed E-state index contributed by atoms with van der Waals surface area (Å²) in [5.41, 5.74) is 9.71. The molecular weight excluding hydrogens is 384 g/mol. The fraction of sp³-hybridized carbons (Fsp3) is 0.643. The lowest BCUT2D eigenvalue weighted by atomic mass is 9.72. The van der Waals surface area contributed by atoms with Crippen molar-refractivity contribution in [3.05, 3.63) is 50.8 Å². The highest BCUT2D eigenvalue weighted by molar-refractivity contribution is 7.91. The molecule has 0 fully saturated rings. The summed E-state index contributed by atoms with van der Waals surface area (Å²) in [5, 5.41) is 3.86. The van der Waals surface area contributed by atoms with Gasteiger partial charge in [-0.15, -0.1) is 0 Å². The van der Waals surface area contributed by atoms with Crippen LogP contribution in [0.25, 0.3) is 5.57 Å². The molecule has 0 aromatic heterocycles. The average Bonchev–Trinajstić information content (AvgIpc) is 3.31. The second kappa shape index (κ2) is 6.92. The largest absolute Gasteiger partial charge is 0.250 e. The Kier molecular flexibility index (Phi) is 5.09. The van der Waals surface area contributed by atoms with E-state index in [1.54, 1.807) is 22.3 Å². The van der Waals surface area contributed by atoms with Crippen molar-refractivity contribution in [1.29, 1.82) is 0 Å². The first-order chi connectivity index (χ1) is 14.0. The van der Waals surface area contributed by atoms with E-state index in [2.05, 4.69) is 67.5 Å². The van der Waals surface area contributed by atoms with E-state index >= 15 is 0 Å². The molecule has 1 atom stereocenters. The van der Waals surface area contributed by atoms with E-state index in [-0.39, 0.29) is 21.7 Å². The molecule has 0 amide bonds. The van der Waals surface area contributed by atoms with Gasteiger partial charge in [0.2, 0.25) is 0 Å². The van der Waals surface area contributed by atoms with Gasteiger partial charge in [0.1, 0.15) is 0 Å². The fourth-order valence-corrected chi connectivity index (χ4v) is 8.33. The summed E-state index contributed by atoms with van der Waals surface area (Å²) < 4.78 is 12.4. The minimum absolute atomic E-state index is 0.129. The van der Waals surface area contributed by atoms with Crippen LogP contribution < -0.4 is 0 Å². The van der Waals surface area contributed by atoms with Crippen molar-refractivity contribution < 1.29 is 4.21 Å². The van der Waals surface area contributed by atoms with Crippen LogP contribution in [-0.2, 0) is 32.5 Å². The average molecular weight is 425 g/mol. The molecule has 3 aliphatic rings. The smallest absolute Gasteiger partial charge is 0.0708 e. The van der Waals surface area contributed by atoms with Crippen LogP contribution in [0.1, 0.15) is 122 Å². The van der Waals surface area contributed by atoms with Gasteiger partial charge in [-0.1, -0.05) is 61.5 Å². The molecule has 0 bridgehead atoms. The molecule has 1 nitrogen and oxygen atoms in total. The standard InChI is InChI=1S/C28H40OS/c1-9-27(10-2)17-25(5,6)23-20(27)15-21-24(22(23)19-13-14-30(29)16-19)26(7,8)18-28(21,11-3)12-4/h13-16H,9-12,17-18H2,1-8H3. The quantitative estimate of drug-likeness (QED) is 0.471. The number of benzene rings is 1. The van der Waals surface area contributed by atoms with Crippen molar-refractivity contribution in [2.24, 2.45) is 0 Å². The maximum absolute atomic E-state index is 12.4. The molecule has 2 aliphatic carbocycles. The molecule has 164 valence electrons. The Labute approximate surface area is 186 Å². The van der Waals surface area contributed by atoms with E-state index in [0.717, 1.165) is 0 Å². The zero-order valence-corrected chi connectivity index (χ0v) is 21.2. The van der Waals surface area contributed by atoms with Gasteiger partial charge in [0, 0.05) is 10.8 Å². The summed E-state index contributed by atoms with van der Waals surface area (Å²) in [4.78, 5) is 0. The highest BCUT2D eigenvalue weighted by atomic mass is 32.2. The van der Waals surface area contributed by atoms with Crippen LogP contribution in [0.15, 0.2) is 23.0 Å². The fourth-order valence-electron chi connectivity index (χ4n) is 7.52. The summed E-state index contributed by atoms with van der Waals surface area (Å²) in [6, 6.07) is 2.66. The lowest BCUT2D eigenvalue weighted by Gasteiger charge is -2.32. The molecule has 2 heteroatoms. The molecule has 0 saturated carbocycles. The van der Waals surface area contributed by atoms with Crippen molar-refractivity contribution in [2.75, 3.05) is 0 Å². The van der Waals surface area contributed by atoms with Gasteiger partial charge in [-0.2, -0.15) is 0 Å². The Morgan fingerprint density at radius 1 is 0.800 bits per heavy atom. The van der Waals surface area contributed by atoms with Crippen molar-refractivity contribution in [1.82, 2.24) is 0 Å². The Hall–Kier alpha value is -1.15. The molecule has 0 saturated heterocycles. The Morgan fingerprint density at radius 3 is 1.57 bits per heavy atom. The first-order valence-electron chi connectivity index (χ1n) is 12.0.